The molecule has 0 radical (unpaired) electrons. The smallest absolute Gasteiger partial charge is 0.407 e. The number of amides is 3. The summed E-state index contributed by atoms with van der Waals surface area (Å²) in [5, 5.41) is 5.02. The van der Waals surface area contributed by atoms with Gasteiger partial charge in [-0.25, -0.2) is 9.59 Å². The van der Waals surface area contributed by atoms with Gasteiger partial charge in [-0.2, -0.15) is 0 Å². The molecule has 1 saturated heterocycles. The monoisotopic (exact) mass is 452 g/mol. The van der Waals surface area contributed by atoms with E-state index in [9.17, 15) is 19.2 Å². The summed E-state index contributed by atoms with van der Waals surface area (Å²) in [4.78, 5) is 48.9. The average molecular weight is 453 g/mol. The number of imide groups is 1. The Morgan fingerprint density at radius 2 is 2.03 bits per heavy atom. The molecule has 1 unspecified atom stereocenters. The van der Waals surface area contributed by atoms with Crippen LogP contribution in [0, 0.1) is 11.8 Å². The second kappa shape index (κ2) is 8.77. The zero-order valence-electron chi connectivity index (χ0n) is 19.1. The molecule has 3 amide bonds. The van der Waals surface area contributed by atoms with Gasteiger partial charge in [-0.05, 0) is 57.7 Å². The van der Waals surface area contributed by atoms with E-state index < -0.39 is 23.6 Å². The van der Waals surface area contributed by atoms with Gasteiger partial charge in [0, 0.05) is 31.5 Å². The molecule has 9 heteroatoms. The van der Waals surface area contributed by atoms with E-state index in [4.69, 9.17) is 4.74 Å². The first-order chi connectivity index (χ1) is 15.7. The Kier molecular flexibility index (Phi) is 6.02. The van der Waals surface area contributed by atoms with Gasteiger partial charge in [-0.1, -0.05) is 11.8 Å². The minimum absolute atomic E-state index is 0.212. The lowest BCUT2D eigenvalue weighted by atomic mass is 9.98. The standard InChI is InChI=1S/C24H28N4O5/c1-24(2,3)33-22(31)25-13-5-4-7-15-9-10-17-20-16(15)8-6-14-27(20)23(32)28(17)18-11-12-19(29)26-21(18)30/h9-10,18H,5-6,8,11-14H2,1-3H3,(H,25,31)(H,26,29,30). The Morgan fingerprint density at radius 1 is 1.24 bits per heavy atom. The van der Waals surface area contributed by atoms with Gasteiger partial charge in [0.05, 0.1) is 11.0 Å². The number of piperidine rings is 1. The Labute approximate surface area is 191 Å². The molecule has 1 atom stereocenters. The van der Waals surface area contributed by atoms with Crippen LogP contribution < -0.4 is 16.3 Å². The van der Waals surface area contributed by atoms with Crippen molar-refractivity contribution in [2.24, 2.45) is 0 Å². The van der Waals surface area contributed by atoms with Crippen molar-refractivity contribution in [3.63, 3.8) is 0 Å². The van der Waals surface area contributed by atoms with Crippen LogP contribution in [0.3, 0.4) is 0 Å². The molecule has 2 N–H and O–H groups in total. The topological polar surface area (TPSA) is 111 Å². The summed E-state index contributed by atoms with van der Waals surface area (Å²) in [6, 6.07) is 3.01. The third-order valence-corrected chi connectivity index (χ3v) is 5.70. The van der Waals surface area contributed by atoms with Gasteiger partial charge in [0.25, 0.3) is 0 Å². The van der Waals surface area contributed by atoms with Crippen LogP contribution >= 0.6 is 0 Å². The number of alkyl carbamates (subject to hydrolysis) is 1. The molecule has 1 aromatic heterocycles. The van der Waals surface area contributed by atoms with Crippen molar-refractivity contribution in [2.45, 2.75) is 71.1 Å². The average Bonchev–Trinajstić information content (AvgIpc) is 3.01. The number of hydrogen-bond donors (Lipinski definition) is 2. The van der Waals surface area contributed by atoms with Crippen molar-refractivity contribution in [2.75, 3.05) is 6.54 Å². The number of benzene rings is 1. The van der Waals surface area contributed by atoms with E-state index in [1.807, 2.05) is 12.1 Å². The van der Waals surface area contributed by atoms with E-state index in [0.29, 0.717) is 31.4 Å². The molecule has 3 heterocycles. The summed E-state index contributed by atoms with van der Waals surface area (Å²) in [5.74, 6) is 5.51. The number of rotatable bonds is 3. The van der Waals surface area contributed by atoms with Gasteiger partial charge in [-0.15, -0.1) is 0 Å². The maximum absolute atomic E-state index is 13.2. The first kappa shape index (κ1) is 22.6. The van der Waals surface area contributed by atoms with Gasteiger partial charge in [0.2, 0.25) is 11.8 Å². The highest BCUT2D eigenvalue weighted by atomic mass is 16.6. The molecule has 2 aliphatic rings. The van der Waals surface area contributed by atoms with E-state index >= 15 is 0 Å². The Bertz CT molecular complexity index is 1250. The highest BCUT2D eigenvalue weighted by Gasteiger charge is 2.33. The van der Waals surface area contributed by atoms with Crippen LogP contribution in [-0.4, -0.2) is 39.2 Å². The first-order valence-corrected chi connectivity index (χ1v) is 11.2. The number of aromatic nitrogens is 2. The minimum Gasteiger partial charge on any atom is -0.444 e. The Morgan fingerprint density at radius 3 is 2.76 bits per heavy atom. The summed E-state index contributed by atoms with van der Waals surface area (Å²) < 4.78 is 8.44. The lowest BCUT2D eigenvalue weighted by Crippen LogP contribution is -2.44. The summed E-state index contributed by atoms with van der Waals surface area (Å²) in [7, 11) is 0. The van der Waals surface area contributed by atoms with Crippen LogP contribution in [0.1, 0.15) is 63.6 Å². The van der Waals surface area contributed by atoms with Crippen LogP contribution in [0.5, 0.6) is 0 Å². The summed E-state index contributed by atoms with van der Waals surface area (Å²) in [5.41, 5.74) is 2.57. The van der Waals surface area contributed by atoms with Crippen LogP contribution in [-0.2, 0) is 27.3 Å². The van der Waals surface area contributed by atoms with Gasteiger partial charge < -0.3 is 10.1 Å². The Balaban J connectivity index is 1.57. The van der Waals surface area contributed by atoms with E-state index in [1.54, 1.807) is 25.3 Å². The lowest BCUT2D eigenvalue weighted by molar-refractivity contribution is -0.135. The predicted octanol–water partition coefficient (Wildman–Crippen LogP) is 1.99. The molecule has 0 saturated carbocycles. The molecular weight excluding hydrogens is 424 g/mol. The molecular formula is C24H28N4O5. The predicted molar refractivity (Wildman–Crippen MR) is 122 cm³/mol. The second-order valence-electron chi connectivity index (χ2n) is 9.31. The molecule has 9 nitrogen and oxygen atoms in total. The molecule has 1 aromatic carbocycles. The fourth-order valence-electron chi connectivity index (χ4n) is 4.37. The van der Waals surface area contributed by atoms with Crippen molar-refractivity contribution in [3.8, 4) is 11.8 Å². The number of imidazole rings is 1. The van der Waals surface area contributed by atoms with Gasteiger partial charge in [0.1, 0.15) is 11.6 Å². The number of aryl methyl sites for hydroxylation is 2. The van der Waals surface area contributed by atoms with Crippen molar-refractivity contribution >= 4 is 28.9 Å². The number of nitrogens with one attached hydrogen (secondary N) is 2. The summed E-state index contributed by atoms with van der Waals surface area (Å²) >= 11 is 0. The van der Waals surface area contributed by atoms with Gasteiger partial charge in [-0.3, -0.25) is 24.0 Å². The molecule has 33 heavy (non-hydrogen) atoms. The molecule has 2 aromatic rings. The molecule has 0 bridgehead atoms. The zero-order chi connectivity index (χ0) is 23.8. The Hall–Kier alpha value is -3.54. The zero-order valence-corrected chi connectivity index (χ0v) is 19.1. The van der Waals surface area contributed by atoms with Crippen molar-refractivity contribution in [3.05, 3.63) is 33.7 Å². The fraction of sp³-hybridized carbons (Fsp3) is 0.500. The SMILES string of the molecule is CC(C)(C)OC(=O)NCCC#Cc1ccc2c3c1CCCn3c(=O)n2C1CCC(=O)NC1=O. The fourth-order valence-corrected chi connectivity index (χ4v) is 4.37. The van der Waals surface area contributed by atoms with E-state index in [-0.39, 0.29) is 18.0 Å². The maximum atomic E-state index is 13.2. The van der Waals surface area contributed by atoms with Crippen molar-refractivity contribution < 1.29 is 19.1 Å². The third-order valence-electron chi connectivity index (χ3n) is 5.70. The lowest BCUT2D eigenvalue weighted by Gasteiger charge is -2.22. The molecule has 2 aliphatic heterocycles. The number of carbonyl (C=O) groups excluding carboxylic acids is 3. The summed E-state index contributed by atoms with van der Waals surface area (Å²) in [6.45, 7) is 6.37. The van der Waals surface area contributed by atoms with E-state index in [0.717, 1.165) is 29.5 Å². The van der Waals surface area contributed by atoms with Crippen LogP contribution in [0.15, 0.2) is 16.9 Å². The minimum atomic E-state index is -0.694. The molecule has 0 spiro atoms. The number of ether oxygens (including phenoxy) is 1. The molecule has 0 aliphatic carbocycles. The largest absolute Gasteiger partial charge is 0.444 e. The number of nitrogens with zero attached hydrogens (tertiary/aromatic N) is 2. The highest BCUT2D eigenvalue weighted by molar-refractivity contribution is 6.00. The first-order valence-electron chi connectivity index (χ1n) is 11.2. The van der Waals surface area contributed by atoms with Crippen LogP contribution in [0.25, 0.3) is 11.0 Å². The van der Waals surface area contributed by atoms with Crippen molar-refractivity contribution in [1.29, 1.82) is 0 Å². The van der Waals surface area contributed by atoms with Crippen LogP contribution in [0.2, 0.25) is 0 Å². The molecule has 1 fully saturated rings. The second-order valence-corrected chi connectivity index (χ2v) is 9.31. The van der Waals surface area contributed by atoms with Gasteiger partial charge >= 0.3 is 11.8 Å². The van der Waals surface area contributed by atoms with E-state index in [2.05, 4.69) is 22.5 Å². The van der Waals surface area contributed by atoms with E-state index in [1.165, 1.54) is 4.57 Å². The molecule has 4 rings (SSSR count). The number of carbonyl (C=O) groups is 3. The van der Waals surface area contributed by atoms with Crippen LogP contribution in [0.4, 0.5) is 4.79 Å². The molecule has 174 valence electrons. The normalized spacial score (nSPS) is 17.8. The highest BCUT2D eigenvalue weighted by Crippen LogP contribution is 2.30. The van der Waals surface area contributed by atoms with Gasteiger partial charge in [0.15, 0.2) is 0 Å². The maximum Gasteiger partial charge on any atom is 0.407 e. The summed E-state index contributed by atoms with van der Waals surface area (Å²) in [6.07, 6.45) is 2.10. The third kappa shape index (κ3) is 4.65. The number of hydrogen-bond acceptors (Lipinski definition) is 5. The van der Waals surface area contributed by atoms with Crippen molar-refractivity contribution in [1.82, 2.24) is 19.8 Å². The quantitative estimate of drug-likeness (QED) is 0.420.